The number of benzene rings is 1. The number of carbonyl (C=O) groups excluding carboxylic acids is 1. The number of thiophene rings is 1. The third kappa shape index (κ3) is 3.19. The van der Waals surface area contributed by atoms with E-state index in [9.17, 15) is 9.59 Å². The Balaban J connectivity index is 1.90. The summed E-state index contributed by atoms with van der Waals surface area (Å²) < 4.78 is 0. The summed E-state index contributed by atoms with van der Waals surface area (Å²) in [7, 11) is 0. The largest absolute Gasteiger partial charge is 0.481 e. The highest BCUT2D eigenvalue weighted by atomic mass is 35.5. The van der Waals surface area contributed by atoms with E-state index in [1.54, 1.807) is 35.6 Å². The van der Waals surface area contributed by atoms with Crippen LogP contribution in [0.25, 0.3) is 0 Å². The Bertz CT molecular complexity index is 761. The zero-order valence-corrected chi connectivity index (χ0v) is 14.3. The Morgan fingerprint density at radius 3 is 2.65 bits per heavy atom. The first-order valence-corrected chi connectivity index (χ1v) is 8.81. The standard InChI is InChI=1S/C18H17ClO3S/c1-10-16(17(22)11-2-6-13(19)7-3-11)14-8-4-12(18(14)23-10)5-9-15(20)21/h2-3,6-7,12H,4-5,8-9H2,1H3,(H,20,21). The molecule has 1 aliphatic rings. The normalized spacial score (nSPS) is 16.3. The van der Waals surface area contributed by atoms with Crippen LogP contribution in [0.3, 0.4) is 0 Å². The predicted molar refractivity (Wildman–Crippen MR) is 91.9 cm³/mol. The molecule has 5 heteroatoms. The van der Waals surface area contributed by atoms with E-state index in [1.165, 1.54) is 4.88 Å². The number of carbonyl (C=O) groups is 2. The first-order valence-electron chi connectivity index (χ1n) is 7.61. The fourth-order valence-corrected chi connectivity index (χ4v) is 4.76. The van der Waals surface area contributed by atoms with Crippen molar-refractivity contribution in [2.45, 2.75) is 38.5 Å². The van der Waals surface area contributed by atoms with Gasteiger partial charge < -0.3 is 5.11 Å². The van der Waals surface area contributed by atoms with Crippen LogP contribution in [-0.2, 0) is 11.2 Å². The molecule has 120 valence electrons. The Morgan fingerprint density at radius 2 is 2.00 bits per heavy atom. The lowest BCUT2D eigenvalue weighted by molar-refractivity contribution is -0.137. The number of rotatable bonds is 5. The van der Waals surface area contributed by atoms with Crippen molar-refractivity contribution in [3.8, 4) is 0 Å². The second-order valence-corrected chi connectivity index (χ2v) is 7.57. The van der Waals surface area contributed by atoms with Crippen LogP contribution in [0.5, 0.6) is 0 Å². The minimum Gasteiger partial charge on any atom is -0.481 e. The topological polar surface area (TPSA) is 54.4 Å². The SMILES string of the molecule is Cc1sc2c(c1C(=O)c1ccc(Cl)cc1)CCC2CCC(=O)O. The summed E-state index contributed by atoms with van der Waals surface area (Å²) in [4.78, 5) is 25.9. The maximum absolute atomic E-state index is 12.8. The number of ketones is 1. The van der Waals surface area contributed by atoms with Crippen LogP contribution in [0.1, 0.15) is 56.4 Å². The summed E-state index contributed by atoms with van der Waals surface area (Å²) in [5.74, 6) is -0.448. The molecule has 0 aliphatic heterocycles. The summed E-state index contributed by atoms with van der Waals surface area (Å²) in [6.07, 6.45) is 2.63. The molecule has 0 spiro atoms. The van der Waals surface area contributed by atoms with Gasteiger partial charge in [-0.05, 0) is 61.9 Å². The summed E-state index contributed by atoms with van der Waals surface area (Å²) in [5, 5.41) is 9.49. The molecule has 1 aliphatic carbocycles. The predicted octanol–water partition coefficient (Wildman–Crippen LogP) is 4.84. The lowest BCUT2D eigenvalue weighted by Crippen LogP contribution is -2.04. The van der Waals surface area contributed by atoms with Gasteiger partial charge in [-0.25, -0.2) is 0 Å². The minimum absolute atomic E-state index is 0.0375. The highest BCUT2D eigenvalue weighted by molar-refractivity contribution is 7.12. The van der Waals surface area contributed by atoms with E-state index in [2.05, 4.69) is 0 Å². The second-order valence-electron chi connectivity index (χ2n) is 5.88. The monoisotopic (exact) mass is 348 g/mol. The minimum atomic E-state index is -0.760. The van der Waals surface area contributed by atoms with Gasteiger partial charge in [0, 0.05) is 32.3 Å². The molecule has 1 unspecified atom stereocenters. The smallest absolute Gasteiger partial charge is 0.303 e. The molecule has 1 heterocycles. The molecule has 23 heavy (non-hydrogen) atoms. The van der Waals surface area contributed by atoms with Crippen LogP contribution in [0.4, 0.5) is 0 Å². The molecule has 1 N–H and O–H groups in total. The number of carboxylic acid groups (broad SMARTS) is 1. The number of hydrogen-bond acceptors (Lipinski definition) is 3. The lowest BCUT2D eigenvalue weighted by Gasteiger charge is -2.06. The maximum atomic E-state index is 12.8. The van der Waals surface area contributed by atoms with Gasteiger partial charge in [0.1, 0.15) is 0 Å². The van der Waals surface area contributed by atoms with Crippen LogP contribution < -0.4 is 0 Å². The van der Waals surface area contributed by atoms with E-state index in [0.717, 1.165) is 28.8 Å². The average Bonchev–Trinajstić information content (AvgIpc) is 3.03. The van der Waals surface area contributed by atoms with Gasteiger partial charge in [0.05, 0.1) is 0 Å². The molecule has 3 rings (SSSR count). The van der Waals surface area contributed by atoms with Crippen molar-refractivity contribution < 1.29 is 14.7 Å². The number of halogens is 1. The van der Waals surface area contributed by atoms with Crippen molar-refractivity contribution in [2.24, 2.45) is 0 Å². The van der Waals surface area contributed by atoms with Crippen molar-refractivity contribution in [2.75, 3.05) is 0 Å². The summed E-state index contributed by atoms with van der Waals surface area (Å²) in [6, 6.07) is 6.97. The van der Waals surface area contributed by atoms with Crippen LogP contribution in [0, 0.1) is 6.92 Å². The second kappa shape index (κ2) is 6.46. The van der Waals surface area contributed by atoms with Crippen LogP contribution in [0.15, 0.2) is 24.3 Å². The van der Waals surface area contributed by atoms with E-state index in [-0.39, 0.29) is 18.1 Å². The van der Waals surface area contributed by atoms with Crippen molar-refractivity contribution >= 4 is 34.7 Å². The first-order chi connectivity index (χ1) is 11.0. The van der Waals surface area contributed by atoms with E-state index in [4.69, 9.17) is 16.7 Å². The highest BCUT2D eigenvalue weighted by Crippen LogP contribution is 2.44. The molecule has 1 atom stereocenters. The van der Waals surface area contributed by atoms with E-state index in [0.29, 0.717) is 17.0 Å². The van der Waals surface area contributed by atoms with Crippen molar-refractivity contribution in [3.63, 3.8) is 0 Å². The number of hydrogen-bond donors (Lipinski definition) is 1. The van der Waals surface area contributed by atoms with Gasteiger partial charge in [0.2, 0.25) is 0 Å². The highest BCUT2D eigenvalue weighted by Gasteiger charge is 2.31. The Labute approximate surface area is 143 Å². The number of aliphatic carboxylic acids is 1. The number of aryl methyl sites for hydroxylation is 1. The molecular formula is C18H17ClO3S. The van der Waals surface area contributed by atoms with Crippen LogP contribution >= 0.6 is 22.9 Å². The summed E-state index contributed by atoms with van der Waals surface area (Å²) in [6.45, 7) is 1.97. The number of carboxylic acids is 1. The Hall–Kier alpha value is -1.65. The van der Waals surface area contributed by atoms with Gasteiger partial charge in [-0.3, -0.25) is 9.59 Å². The Morgan fingerprint density at radius 1 is 1.30 bits per heavy atom. The van der Waals surface area contributed by atoms with Gasteiger partial charge in [-0.15, -0.1) is 11.3 Å². The van der Waals surface area contributed by atoms with Gasteiger partial charge in [0.25, 0.3) is 0 Å². The number of fused-ring (bicyclic) bond motifs is 1. The molecule has 0 saturated carbocycles. The van der Waals surface area contributed by atoms with E-state index < -0.39 is 5.97 Å². The van der Waals surface area contributed by atoms with Crippen LogP contribution in [0.2, 0.25) is 5.02 Å². The Kier molecular flexibility index (Phi) is 4.55. The van der Waals surface area contributed by atoms with E-state index >= 15 is 0 Å². The summed E-state index contributed by atoms with van der Waals surface area (Å²) in [5.41, 5.74) is 2.58. The molecule has 1 aromatic carbocycles. The van der Waals surface area contributed by atoms with Crippen molar-refractivity contribution in [3.05, 3.63) is 55.7 Å². The third-order valence-electron chi connectivity index (χ3n) is 4.37. The third-order valence-corrected chi connectivity index (χ3v) is 5.93. The fraction of sp³-hybridized carbons (Fsp3) is 0.333. The molecular weight excluding hydrogens is 332 g/mol. The van der Waals surface area contributed by atoms with E-state index in [1.807, 2.05) is 6.92 Å². The molecule has 0 fully saturated rings. The van der Waals surface area contributed by atoms with Gasteiger partial charge >= 0.3 is 5.97 Å². The van der Waals surface area contributed by atoms with Gasteiger partial charge in [-0.1, -0.05) is 11.6 Å². The van der Waals surface area contributed by atoms with Crippen LogP contribution in [-0.4, -0.2) is 16.9 Å². The first kappa shape index (κ1) is 16.2. The molecule has 0 amide bonds. The fourth-order valence-electron chi connectivity index (χ4n) is 3.26. The molecule has 0 bridgehead atoms. The zero-order valence-electron chi connectivity index (χ0n) is 12.8. The van der Waals surface area contributed by atoms with Gasteiger partial charge in [-0.2, -0.15) is 0 Å². The quantitative estimate of drug-likeness (QED) is 0.787. The lowest BCUT2D eigenvalue weighted by atomic mass is 9.99. The summed E-state index contributed by atoms with van der Waals surface area (Å²) >= 11 is 7.54. The van der Waals surface area contributed by atoms with Crippen molar-refractivity contribution in [1.82, 2.24) is 0 Å². The van der Waals surface area contributed by atoms with Crippen molar-refractivity contribution in [1.29, 1.82) is 0 Å². The average molecular weight is 349 g/mol. The molecule has 0 saturated heterocycles. The molecule has 1 aromatic heterocycles. The zero-order chi connectivity index (χ0) is 16.6. The van der Waals surface area contributed by atoms with Gasteiger partial charge in [0.15, 0.2) is 5.78 Å². The maximum Gasteiger partial charge on any atom is 0.303 e. The molecule has 3 nitrogen and oxygen atoms in total. The molecule has 2 aromatic rings. The molecule has 0 radical (unpaired) electrons.